The molecule has 1 aromatic heterocycles. The number of para-hydroxylation sites is 1. The van der Waals surface area contributed by atoms with E-state index < -0.39 is 0 Å². The minimum Gasteiger partial charge on any atom is -0.379 e. The smallest absolute Gasteiger partial charge is 0.322 e. The summed E-state index contributed by atoms with van der Waals surface area (Å²) in [4.78, 5) is 33.5. The van der Waals surface area contributed by atoms with Crippen molar-refractivity contribution in [2.45, 2.75) is 26.4 Å². The Balaban J connectivity index is 1.51. The lowest BCUT2D eigenvalue weighted by molar-refractivity contribution is 0.0383. The first kappa shape index (κ1) is 22.2. The number of urea groups is 1. The SMILES string of the molecule is CC(C)N(Cc1nc(C(=O)NCCN2CCOCC2)cs1)C(=O)Nc1ccccc1. The molecule has 3 rings (SSSR count). The van der Waals surface area contributed by atoms with E-state index in [-0.39, 0.29) is 18.0 Å². The maximum absolute atomic E-state index is 12.7. The van der Waals surface area contributed by atoms with Crippen LogP contribution in [0.3, 0.4) is 0 Å². The molecule has 0 radical (unpaired) electrons. The van der Waals surface area contributed by atoms with Gasteiger partial charge in [-0.1, -0.05) is 18.2 Å². The van der Waals surface area contributed by atoms with Gasteiger partial charge in [0.25, 0.3) is 5.91 Å². The topological polar surface area (TPSA) is 86.8 Å². The fourth-order valence-electron chi connectivity index (χ4n) is 3.08. The number of benzene rings is 1. The van der Waals surface area contributed by atoms with Gasteiger partial charge < -0.3 is 20.3 Å². The molecule has 0 unspecified atom stereocenters. The number of nitrogens with one attached hydrogen (secondary N) is 2. The molecule has 0 aliphatic carbocycles. The molecule has 3 amide bonds. The zero-order chi connectivity index (χ0) is 21.3. The second kappa shape index (κ2) is 11.1. The summed E-state index contributed by atoms with van der Waals surface area (Å²) in [6.45, 7) is 8.91. The molecule has 0 bridgehead atoms. The van der Waals surface area contributed by atoms with Crippen LogP contribution in [0, 0.1) is 0 Å². The Kier molecular flexibility index (Phi) is 8.18. The number of thiazole rings is 1. The zero-order valence-corrected chi connectivity index (χ0v) is 18.3. The van der Waals surface area contributed by atoms with E-state index in [1.54, 1.807) is 10.3 Å². The third-order valence-corrected chi connectivity index (χ3v) is 5.65. The molecule has 0 atom stereocenters. The van der Waals surface area contributed by atoms with E-state index in [2.05, 4.69) is 20.5 Å². The second-order valence-corrected chi connectivity index (χ2v) is 8.30. The minimum absolute atomic E-state index is 0.0107. The van der Waals surface area contributed by atoms with E-state index >= 15 is 0 Å². The van der Waals surface area contributed by atoms with Gasteiger partial charge in [0.2, 0.25) is 0 Å². The van der Waals surface area contributed by atoms with Crippen LogP contribution in [0.1, 0.15) is 29.3 Å². The Hall–Kier alpha value is -2.49. The summed E-state index contributed by atoms with van der Waals surface area (Å²) in [5, 5.41) is 8.29. The highest BCUT2D eigenvalue weighted by Gasteiger charge is 2.20. The number of nitrogens with zero attached hydrogens (tertiary/aromatic N) is 3. The Labute approximate surface area is 181 Å². The normalized spacial score (nSPS) is 14.5. The first-order chi connectivity index (χ1) is 14.5. The van der Waals surface area contributed by atoms with Crippen molar-refractivity contribution >= 4 is 29.0 Å². The summed E-state index contributed by atoms with van der Waals surface area (Å²) in [5.74, 6) is -0.185. The third-order valence-electron chi connectivity index (χ3n) is 4.82. The van der Waals surface area contributed by atoms with Crippen molar-refractivity contribution in [1.29, 1.82) is 0 Å². The van der Waals surface area contributed by atoms with Gasteiger partial charge in [-0.25, -0.2) is 9.78 Å². The molecule has 1 aliphatic heterocycles. The van der Waals surface area contributed by atoms with Crippen molar-refractivity contribution in [3.05, 3.63) is 46.4 Å². The number of aromatic nitrogens is 1. The van der Waals surface area contributed by atoms with Crippen LogP contribution in [0.25, 0.3) is 0 Å². The number of rotatable bonds is 8. The van der Waals surface area contributed by atoms with Crippen molar-refractivity contribution in [3.63, 3.8) is 0 Å². The van der Waals surface area contributed by atoms with Crippen LogP contribution in [0.5, 0.6) is 0 Å². The van der Waals surface area contributed by atoms with Gasteiger partial charge in [0.1, 0.15) is 10.7 Å². The molecule has 0 spiro atoms. The number of hydrogen-bond donors (Lipinski definition) is 2. The standard InChI is InChI=1S/C21H29N5O3S/c1-16(2)26(21(28)23-17-6-4-3-5-7-17)14-19-24-18(15-30-19)20(27)22-8-9-25-10-12-29-13-11-25/h3-7,15-16H,8-14H2,1-2H3,(H,22,27)(H,23,28). The number of ether oxygens (including phenoxy) is 1. The first-order valence-corrected chi connectivity index (χ1v) is 11.1. The molecule has 1 aromatic carbocycles. The Bertz CT molecular complexity index is 821. The van der Waals surface area contributed by atoms with E-state index in [0.29, 0.717) is 18.8 Å². The van der Waals surface area contributed by atoms with Crippen molar-refractivity contribution in [2.24, 2.45) is 0 Å². The quantitative estimate of drug-likeness (QED) is 0.671. The van der Waals surface area contributed by atoms with Crippen LogP contribution in [0.4, 0.5) is 10.5 Å². The van der Waals surface area contributed by atoms with Crippen LogP contribution >= 0.6 is 11.3 Å². The molecular formula is C21H29N5O3S. The molecule has 2 heterocycles. The van der Waals surface area contributed by atoms with Gasteiger partial charge in [-0.3, -0.25) is 9.69 Å². The van der Waals surface area contributed by atoms with Gasteiger partial charge in [0, 0.05) is 43.3 Å². The molecule has 9 heteroatoms. The summed E-state index contributed by atoms with van der Waals surface area (Å²) in [5.41, 5.74) is 1.14. The number of morpholine rings is 1. The van der Waals surface area contributed by atoms with E-state index in [1.807, 2.05) is 44.2 Å². The lowest BCUT2D eigenvalue weighted by Gasteiger charge is -2.26. The van der Waals surface area contributed by atoms with Crippen molar-refractivity contribution in [1.82, 2.24) is 20.1 Å². The molecule has 1 fully saturated rings. The third kappa shape index (κ3) is 6.51. The summed E-state index contributed by atoms with van der Waals surface area (Å²) in [6.07, 6.45) is 0. The Morgan fingerprint density at radius 3 is 2.67 bits per heavy atom. The Morgan fingerprint density at radius 2 is 1.97 bits per heavy atom. The minimum atomic E-state index is -0.192. The monoisotopic (exact) mass is 431 g/mol. The van der Waals surface area contributed by atoms with E-state index in [4.69, 9.17) is 4.74 Å². The zero-order valence-electron chi connectivity index (χ0n) is 17.5. The molecule has 162 valence electrons. The average Bonchev–Trinajstić information content (AvgIpc) is 3.22. The number of carbonyl (C=O) groups is 2. The van der Waals surface area contributed by atoms with Crippen molar-refractivity contribution in [2.75, 3.05) is 44.7 Å². The molecule has 8 nitrogen and oxygen atoms in total. The molecular weight excluding hydrogens is 402 g/mol. The van der Waals surface area contributed by atoms with Crippen LogP contribution in [-0.4, -0.2) is 72.2 Å². The highest BCUT2D eigenvalue weighted by Crippen LogP contribution is 2.16. The largest absolute Gasteiger partial charge is 0.379 e. The van der Waals surface area contributed by atoms with Crippen LogP contribution in [0.15, 0.2) is 35.7 Å². The van der Waals surface area contributed by atoms with Gasteiger partial charge in [-0.05, 0) is 26.0 Å². The number of amides is 3. The molecule has 30 heavy (non-hydrogen) atoms. The molecule has 2 N–H and O–H groups in total. The maximum atomic E-state index is 12.7. The molecule has 1 aliphatic rings. The lowest BCUT2D eigenvalue weighted by Crippen LogP contribution is -2.41. The fraction of sp³-hybridized carbons (Fsp3) is 0.476. The first-order valence-electron chi connectivity index (χ1n) is 10.2. The maximum Gasteiger partial charge on any atom is 0.322 e. The van der Waals surface area contributed by atoms with Gasteiger partial charge in [-0.2, -0.15) is 0 Å². The lowest BCUT2D eigenvalue weighted by atomic mass is 10.3. The van der Waals surface area contributed by atoms with E-state index in [0.717, 1.165) is 43.5 Å². The Morgan fingerprint density at radius 1 is 1.23 bits per heavy atom. The summed E-state index contributed by atoms with van der Waals surface area (Å²) < 4.78 is 5.33. The fourth-order valence-corrected chi connectivity index (χ4v) is 3.85. The average molecular weight is 432 g/mol. The number of carbonyl (C=O) groups excluding carboxylic acids is 2. The van der Waals surface area contributed by atoms with Crippen molar-refractivity contribution < 1.29 is 14.3 Å². The van der Waals surface area contributed by atoms with Crippen molar-refractivity contribution in [3.8, 4) is 0 Å². The summed E-state index contributed by atoms with van der Waals surface area (Å²) in [6, 6.07) is 9.14. The van der Waals surface area contributed by atoms with Crippen LogP contribution in [-0.2, 0) is 11.3 Å². The predicted molar refractivity (Wildman–Crippen MR) is 118 cm³/mol. The molecule has 1 saturated heterocycles. The van der Waals surface area contributed by atoms with Gasteiger partial charge in [-0.15, -0.1) is 11.3 Å². The predicted octanol–water partition coefficient (Wildman–Crippen LogP) is 2.65. The van der Waals surface area contributed by atoms with Crippen LogP contribution in [0.2, 0.25) is 0 Å². The van der Waals surface area contributed by atoms with Crippen LogP contribution < -0.4 is 10.6 Å². The van der Waals surface area contributed by atoms with E-state index in [9.17, 15) is 9.59 Å². The summed E-state index contributed by atoms with van der Waals surface area (Å²) >= 11 is 1.39. The van der Waals surface area contributed by atoms with Gasteiger partial charge in [0.15, 0.2) is 0 Å². The molecule has 2 aromatic rings. The second-order valence-electron chi connectivity index (χ2n) is 7.35. The van der Waals surface area contributed by atoms with E-state index in [1.165, 1.54) is 11.3 Å². The highest BCUT2D eigenvalue weighted by atomic mass is 32.1. The highest BCUT2D eigenvalue weighted by molar-refractivity contribution is 7.09. The van der Waals surface area contributed by atoms with Gasteiger partial charge in [0.05, 0.1) is 19.8 Å². The molecule has 0 saturated carbocycles. The number of hydrogen-bond acceptors (Lipinski definition) is 6. The number of anilines is 1. The van der Waals surface area contributed by atoms with Gasteiger partial charge >= 0.3 is 6.03 Å². The summed E-state index contributed by atoms with van der Waals surface area (Å²) in [7, 11) is 0.